The van der Waals surface area contributed by atoms with Crippen molar-refractivity contribution in [3.63, 3.8) is 0 Å². The van der Waals surface area contributed by atoms with Gasteiger partial charge in [0.1, 0.15) is 0 Å². The van der Waals surface area contributed by atoms with Gasteiger partial charge in [0.05, 0.1) is 0 Å². The van der Waals surface area contributed by atoms with Gasteiger partial charge in [0.15, 0.2) is 0 Å². The van der Waals surface area contributed by atoms with Gasteiger partial charge in [-0.15, -0.1) is 0 Å². The minimum absolute atomic E-state index is 0.765. The van der Waals surface area contributed by atoms with Crippen molar-refractivity contribution in [2.75, 3.05) is 19.6 Å². The highest BCUT2D eigenvalue weighted by atomic mass is 15.2. The van der Waals surface area contributed by atoms with Crippen LogP contribution in [0.25, 0.3) is 0 Å². The molecular weight excluding hydrogens is 232 g/mol. The monoisotopic (exact) mass is 264 g/mol. The maximum absolute atomic E-state index is 3.72. The predicted molar refractivity (Wildman–Crippen MR) is 81.4 cm³/mol. The van der Waals surface area contributed by atoms with Crippen molar-refractivity contribution in [1.29, 1.82) is 0 Å². The molecule has 0 bridgehead atoms. The number of hydrogen-bond donors (Lipinski definition) is 1. The van der Waals surface area contributed by atoms with Gasteiger partial charge >= 0.3 is 0 Å². The topological polar surface area (TPSA) is 15.3 Å². The third kappa shape index (κ3) is 3.00. The summed E-state index contributed by atoms with van der Waals surface area (Å²) >= 11 is 0. The van der Waals surface area contributed by atoms with E-state index in [0.29, 0.717) is 0 Å². The van der Waals surface area contributed by atoms with E-state index in [0.717, 1.165) is 24.0 Å². The summed E-state index contributed by atoms with van der Waals surface area (Å²) in [5.74, 6) is 0. The molecule has 3 rings (SSSR count). The molecule has 1 aliphatic heterocycles. The zero-order chi connectivity index (χ0) is 13.1. The molecule has 2 nitrogen and oxygen atoms in total. The van der Waals surface area contributed by atoms with Crippen LogP contribution in [0.15, 0.2) is 0 Å². The zero-order valence-electron chi connectivity index (χ0n) is 12.8. The maximum Gasteiger partial charge on any atom is 0.0249 e. The second-order valence-corrected chi connectivity index (χ2v) is 7.26. The first-order valence-electron chi connectivity index (χ1n) is 8.80. The summed E-state index contributed by atoms with van der Waals surface area (Å²) in [6, 6.07) is 1.63. The van der Waals surface area contributed by atoms with Gasteiger partial charge in [-0.1, -0.05) is 32.6 Å². The minimum Gasteiger partial charge on any atom is -0.313 e. The number of hydrogen-bond acceptors (Lipinski definition) is 2. The lowest BCUT2D eigenvalue weighted by atomic mass is 9.68. The first kappa shape index (κ1) is 13.9. The molecule has 2 aliphatic carbocycles. The number of likely N-dealkylation sites (tertiary alicyclic amines) is 1. The van der Waals surface area contributed by atoms with E-state index < -0.39 is 0 Å². The Morgan fingerprint density at radius 3 is 2.37 bits per heavy atom. The van der Waals surface area contributed by atoms with Crippen LogP contribution in [0.5, 0.6) is 0 Å². The molecule has 3 aliphatic rings. The normalized spacial score (nSPS) is 35.8. The van der Waals surface area contributed by atoms with Gasteiger partial charge < -0.3 is 5.32 Å². The van der Waals surface area contributed by atoms with Crippen LogP contribution in [0.3, 0.4) is 0 Å². The molecule has 2 heteroatoms. The molecule has 1 spiro atoms. The average molecular weight is 264 g/mol. The van der Waals surface area contributed by atoms with E-state index in [1.807, 2.05) is 0 Å². The molecule has 2 atom stereocenters. The van der Waals surface area contributed by atoms with E-state index in [9.17, 15) is 0 Å². The van der Waals surface area contributed by atoms with Gasteiger partial charge in [0.25, 0.3) is 0 Å². The quantitative estimate of drug-likeness (QED) is 0.838. The van der Waals surface area contributed by atoms with Crippen LogP contribution in [0.2, 0.25) is 0 Å². The van der Waals surface area contributed by atoms with Crippen molar-refractivity contribution in [2.24, 2.45) is 5.41 Å². The summed E-state index contributed by atoms with van der Waals surface area (Å²) in [6.45, 7) is 6.15. The number of likely N-dealkylation sites (N-methyl/N-ethyl adjacent to an activating group) is 1. The predicted octanol–water partition coefficient (Wildman–Crippen LogP) is 3.56. The van der Waals surface area contributed by atoms with Crippen molar-refractivity contribution in [1.82, 2.24) is 10.2 Å². The third-order valence-electron chi connectivity index (χ3n) is 6.19. The van der Waals surface area contributed by atoms with Crippen LogP contribution >= 0.6 is 0 Å². The van der Waals surface area contributed by atoms with Crippen molar-refractivity contribution in [2.45, 2.75) is 83.2 Å². The molecule has 1 N–H and O–H groups in total. The third-order valence-corrected chi connectivity index (χ3v) is 6.19. The molecule has 1 saturated heterocycles. The molecule has 0 aromatic heterocycles. The van der Waals surface area contributed by atoms with Crippen molar-refractivity contribution in [3.05, 3.63) is 0 Å². The molecule has 0 aromatic rings. The fourth-order valence-electron chi connectivity index (χ4n) is 5.01. The Bertz CT molecular complexity index is 273. The van der Waals surface area contributed by atoms with Crippen LogP contribution in [0.1, 0.15) is 71.1 Å². The Kier molecular flexibility index (Phi) is 4.48. The number of nitrogens with zero attached hydrogens (tertiary/aromatic N) is 1. The Hall–Kier alpha value is -0.0800. The van der Waals surface area contributed by atoms with Crippen LogP contribution < -0.4 is 5.32 Å². The molecule has 0 aromatic carbocycles. The van der Waals surface area contributed by atoms with E-state index in [4.69, 9.17) is 0 Å². The summed E-state index contributed by atoms with van der Waals surface area (Å²) in [5, 5.41) is 3.72. The molecule has 2 unspecified atom stereocenters. The largest absolute Gasteiger partial charge is 0.313 e. The Labute approximate surface area is 119 Å². The molecular formula is C17H32N2. The smallest absolute Gasteiger partial charge is 0.0249 e. The molecule has 110 valence electrons. The van der Waals surface area contributed by atoms with E-state index in [2.05, 4.69) is 17.1 Å². The Morgan fingerprint density at radius 2 is 1.68 bits per heavy atom. The SMILES string of the molecule is CCNC1CCCC1N1CCC2(CCCCC2)CC1. The van der Waals surface area contributed by atoms with Gasteiger partial charge in [0.2, 0.25) is 0 Å². The molecule has 0 amide bonds. The van der Waals surface area contributed by atoms with Gasteiger partial charge in [-0.2, -0.15) is 0 Å². The van der Waals surface area contributed by atoms with Gasteiger partial charge in [-0.05, 0) is 63.6 Å². The summed E-state index contributed by atoms with van der Waals surface area (Å²) in [4.78, 5) is 2.83. The molecule has 1 heterocycles. The molecule has 19 heavy (non-hydrogen) atoms. The van der Waals surface area contributed by atoms with E-state index in [1.54, 1.807) is 0 Å². The van der Waals surface area contributed by atoms with Crippen LogP contribution in [-0.4, -0.2) is 36.6 Å². The fourth-order valence-corrected chi connectivity index (χ4v) is 5.01. The summed E-state index contributed by atoms with van der Waals surface area (Å²) in [7, 11) is 0. The Balaban J connectivity index is 1.54. The molecule has 3 fully saturated rings. The summed E-state index contributed by atoms with van der Waals surface area (Å²) in [6.07, 6.45) is 14.8. The zero-order valence-corrected chi connectivity index (χ0v) is 12.8. The van der Waals surface area contributed by atoms with Crippen molar-refractivity contribution in [3.8, 4) is 0 Å². The minimum atomic E-state index is 0.765. The Morgan fingerprint density at radius 1 is 0.947 bits per heavy atom. The lowest BCUT2D eigenvalue weighted by Gasteiger charge is -2.47. The lowest BCUT2D eigenvalue weighted by molar-refractivity contribution is 0.0400. The number of rotatable bonds is 3. The fraction of sp³-hybridized carbons (Fsp3) is 1.00. The maximum atomic E-state index is 3.72. The van der Waals surface area contributed by atoms with E-state index in [1.165, 1.54) is 77.3 Å². The standard InChI is InChI=1S/C17H32N2/c1-2-18-15-7-6-8-16(15)19-13-11-17(12-14-19)9-4-3-5-10-17/h15-16,18H,2-14H2,1H3. The highest BCUT2D eigenvalue weighted by Crippen LogP contribution is 2.45. The van der Waals surface area contributed by atoms with E-state index in [-0.39, 0.29) is 0 Å². The highest BCUT2D eigenvalue weighted by Gasteiger charge is 2.39. The van der Waals surface area contributed by atoms with Gasteiger partial charge in [0, 0.05) is 12.1 Å². The van der Waals surface area contributed by atoms with E-state index >= 15 is 0 Å². The van der Waals surface area contributed by atoms with Gasteiger partial charge in [-0.25, -0.2) is 0 Å². The first-order valence-corrected chi connectivity index (χ1v) is 8.80. The second kappa shape index (κ2) is 6.13. The van der Waals surface area contributed by atoms with Crippen LogP contribution in [-0.2, 0) is 0 Å². The second-order valence-electron chi connectivity index (χ2n) is 7.26. The number of piperidine rings is 1. The van der Waals surface area contributed by atoms with Crippen LogP contribution in [0, 0.1) is 5.41 Å². The molecule has 0 radical (unpaired) electrons. The first-order chi connectivity index (χ1) is 9.33. The van der Waals surface area contributed by atoms with Crippen LogP contribution in [0.4, 0.5) is 0 Å². The van der Waals surface area contributed by atoms with Crippen molar-refractivity contribution < 1.29 is 0 Å². The summed E-state index contributed by atoms with van der Waals surface area (Å²) < 4.78 is 0. The highest BCUT2D eigenvalue weighted by molar-refractivity contribution is 4.95. The lowest BCUT2D eigenvalue weighted by Crippen LogP contribution is -2.51. The van der Waals surface area contributed by atoms with Crippen molar-refractivity contribution >= 4 is 0 Å². The number of nitrogens with one attached hydrogen (secondary N) is 1. The average Bonchev–Trinajstić information content (AvgIpc) is 2.89. The van der Waals surface area contributed by atoms with Gasteiger partial charge in [-0.3, -0.25) is 4.90 Å². The molecule has 2 saturated carbocycles. The summed E-state index contributed by atoms with van der Waals surface area (Å²) in [5.41, 5.74) is 0.765.